The first-order chi connectivity index (χ1) is 18.6. The molecule has 6 rings (SSSR count). The van der Waals surface area contributed by atoms with Crippen molar-refractivity contribution in [2.45, 2.75) is 51.7 Å². The van der Waals surface area contributed by atoms with Gasteiger partial charge in [0, 0.05) is 37.2 Å². The molecule has 2 fully saturated rings. The number of nitrogens with one attached hydrogen (secondary N) is 1. The van der Waals surface area contributed by atoms with E-state index in [0.29, 0.717) is 16.2 Å². The second-order valence-electron chi connectivity index (χ2n) is 11.1. The molecule has 2 aliphatic heterocycles. The van der Waals surface area contributed by atoms with Gasteiger partial charge in [0.1, 0.15) is 12.4 Å². The molecule has 6 nitrogen and oxygen atoms in total. The summed E-state index contributed by atoms with van der Waals surface area (Å²) in [6, 6.07) is 13.8. The molecule has 1 aromatic carbocycles. The van der Waals surface area contributed by atoms with E-state index in [0.717, 1.165) is 30.8 Å². The van der Waals surface area contributed by atoms with Crippen LogP contribution in [-0.4, -0.2) is 40.6 Å². The molecule has 3 aromatic rings. The number of ether oxygens (including phenoxy) is 1. The predicted octanol–water partition coefficient (Wildman–Crippen LogP) is 5.39. The Balaban J connectivity index is 1.09. The standard InChI is InChI=1S/C31H35ClN4O2/c32-26-5-6-27(34-19-26)21-38-29-8-13-36(30(37)18-29)28-7-4-24-16-23(2-3-25(24)17-28)20-35-14-10-31(11-15-35)9-1-12-33-22-31/h2-3,5-6,8,13,16-19,33H,1,4,7,9-12,14-15,20-22H2. The van der Waals surface area contributed by atoms with E-state index >= 15 is 0 Å². The Morgan fingerprint density at radius 2 is 1.95 bits per heavy atom. The Kier molecular flexibility index (Phi) is 7.37. The molecule has 2 aromatic heterocycles. The van der Waals surface area contributed by atoms with Gasteiger partial charge in [-0.3, -0.25) is 19.2 Å². The minimum absolute atomic E-state index is 0.0890. The number of pyridine rings is 2. The average molecular weight is 531 g/mol. The second-order valence-corrected chi connectivity index (χ2v) is 11.5. The van der Waals surface area contributed by atoms with E-state index in [-0.39, 0.29) is 12.2 Å². The lowest BCUT2D eigenvalue weighted by molar-refractivity contribution is 0.0750. The number of nitrogens with zero attached hydrogens (tertiary/aromatic N) is 3. The number of hydrogen-bond acceptors (Lipinski definition) is 5. The zero-order valence-corrected chi connectivity index (χ0v) is 22.6. The Morgan fingerprint density at radius 3 is 2.71 bits per heavy atom. The lowest BCUT2D eigenvalue weighted by Gasteiger charge is -2.44. The molecule has 0 atom stereocenters. The summed E-state index contributed by atoms with van der Waals surface area (Å²) in [5.74, 6) is 0.535. The van der Waals surface area contributed by atoms with Gasteiger partial charge in [-0.2, -0.15) is 0 Å². The number of fused-ring (bicyclic) bond motifs is 1. The van der Waals surface area contributed by atoms with Gasteiger partial charge in [-0.25, -0.2) is 0 Å². The summed E-state index contributed by atoms with van der Waals surface area (Å²) in [6.45, 7) is 6.10. The van der Waals surface area contributed by atoms with Crippen molar-refractivity contribution in [1.29, 1.82) is 0 Å². The molecular formula is C31H35ClN4O2. The molecule has 0 bridgehead atoms. The lowest BCUT2D eigenvalue weighted by atomic mass is 9.73. The first-order valence-electron chi connectivity index (χ1n) is 13.8. The summed E-state index contributed by atoms with van der Waals surface area (Å²) >= 11 is 5.89. The molecule has 198 valence electrons. The average Bonchev–Trinajstić information content (AvgIpc) is 2.94. The van der Waals surface area contributed by atoms with Gasteiger partial charge < -0.3 is 10.1 Å². The largest absolute Gasteiger partial charge is 0.487 e. The molecule has 3 aliphatic rings. The quantitative estimate of drug-likeness (QED) is 0.463. The summed E-state index contributed by atoms with van der Waals surface area (Å²) in [4.78, 5) is 19.7. The van der Waals surface area contributed by atoms with Crippen LogP contribution in [0.4, 0.5) is 0 Å². The fourth-order valence-corrected chi connectivity index (χ4v) is 6.27. The number of rotatable bonds is 6. The summed E-state index contributed by atoms with van der Waals surface area (Å²) in [6.07, 6.45) is 12.7. The minimum Gasteiger partial charge on any atom is -0.487 e. The van der Waals surface area contributed by atoms with Crippen molar-refractivity contribution >= 4 is 23.4 Å². The molecule has 7 heteroatoms. The summed E-state index contributed by atoms with van der Waals surface area (Å²) < 4.78 is 7.50. The van der Waals surface area contributed by atoms with Crippen LogP contribution in [-0.2, 0) is 19.6 Å². The highest BCUT2D eigenvalue weighted by Gasteiger charge is 2.35. The highest BCUT2D eigenvalue weighted by molar-refractivity contribution is 6.30. The van der Waals surface area contributed by atoms with Crippen LogP contribution in [0, 0.1) is 5.41 Å². The van der Waals surface area contributed by atoms with E-state index in [1.807, 2.05) is 18.3 Å². The van der Waals surface area contributed by atoms with E-state index in [1.54, 1.807) is 22.9 Å². The number of aryl methyl sites for hydroxylation is 1. The third kappa shape index (κ3) is 5.73. The van der Waals surface area contributed by atoms with Crippen LogP contribution < -0.4 is 15.6 Å². The van der Waals surface area contributed by atoms with E-state index in [9.17, 15) is 4.79 Å². The van der Waals surface area contributed by atoms with Crippen LogP contribution in [0.3, 0.4) is 0 Å². The highest BCUT2D eigenvalue weighted by atomic mass is 35.5. The van der Waals surface area contributed by atoms with Crippen molar-refractivity contribution in [3.05, 3.63) is 92.6 Å². The number of allylic oxidation sites excluding steroid dienone is 1. The summed E-state index contributed by atoms with van der Waals surface area (Å²) in [5, 5.41) is 4.21. The number of benzene rings is 1. The van der Waals surface area contributed by atoms with Crippen LogP contribution in [0.5, 0.6) is 5.75 Å². The Hall–Kier alpha value is -2.93. The molecule has 0 saturated carbocycles. The van der Waals surface area contributed by atoms with Crippen molar-refractivity contribution < 1.29 is 4.74 Å². The SMILES string of the molecule is O=c1cc(OCc2ccc(Cl)cn2)ccn1C1=Cc2ccc(CN3CCC4(CCCNC4)CC3)cc2CC1. The molecule has 38 heavy (non-hydrogen) atoms. The maximum atomic E-state index is 12.9. The number of halogens is 1. The molecule has 0 radical (unpaired) electrons. The minimum atomic E-state index is -0.0890. The van der Waals surface area contributed by atoms with Crippen molar-refractivity contribution in [3.63, 3.8) is 0 Å². The van der Waals surface area contributed by atoms with Gasteiger partial charge in [0.15, 0.2) is 0 Å². The Morgan fingerprint density at radius 1 is 1.05 bits per heavy atom. The van der Waals surface area contributed by atoms with Crippen LogP contribution >= 0.6 is 11.6 Å². The maximum absolute atomic E-state index is 12.9. The van der Waals surface area contributed by atoms with E-state index in [2.05, 4.69) is 39.5 Å². The molecule has 1 N–H and O–H groups in total. The maximum Gasteiger partial charge on any atom is 0.258 e. The number of likely N-dealkylation sites (tertiary alicyclic amines) is 1. The first-order valence-corrected chi connectivity index (χ1v) is 14.1. The predicted molar refractivity (Wildman–Crippen MR) is 152 cm³/mol. The Labute approximate surface area is 229 Å². The molecule has 1 spiro atoms. The van der Waals surface area contributed by atoms with Crippen LogP contribution in [0.1, 0.15) is 54.5 Å². The van der Waals surface area contributed by atoms with Crippen molar-refractivity contribution in [3.8, 4) is 5.75 Å². The molecule has 0 amide bonds. The van der Waals surface area contributed by atoms with Gasteiger partial charge in [0.2, 0.25) is 0 Å². The van der Waals surface area contributed by atoms with Gasteiger partial charge in [-0.05, 0) is 105 Å². The van der Waals surface area contributed by atoms with Crippen molar-refractivity contribution in [1.82, 2.24) is 19.8 Å². The monoisotopic (exact) mass is 530 g/mol. The summed E-state index contributed by atoms with van der Waals surface area (Å²) in [5.41, 5.74) is 6.21. The third-order valence-corrected chi connectivity index (χ3v) is 8.66. The fourth-order valence-electron chi connectivity index (χ4n) is 6.16. The van der Waals surface area contributed by atoms with Gasteiger partial charge in [-0.1, -0.05) is 29.8 Å². The van der Waals surface area contributed by atoms with Gasteiger partial charge >= 0.3 is 0 Å². The Bertz CT molecular complexity index is 1370. The van der Waals surface area contributed by atoms with Crippen LogP contribution in [0.15, 0.2) is 59.7 Å². The number of aromatic nitrogens is 2. The fraction of sp³-hybridized carbons (Fsp3) is 0.419. The van der Waals surface area contributed by atoms with Crippen LogP contribution in [0.25, 0.3) is 11.8 Å². The molecule has 0 unspecified atom stereocenters. The number of hydrogen-bond donors (Lipinski definition) is 1. The molecule has 2 saturated heterocycles. The second kappa shape index (κ2) is 11.0. The van der Waals surface area contributed by atoms with Gasteiger partial charge in [0.05, 0.1) is 10.7 Å². The topological polar surface area (TPSA) is 59.4 Å². The van der Waals surface area contributed by atoms with Gasteiger partial charge in [0.25, 0.3) is 5.56 Å². The summed E-state index contributed by atoms with van der Waals surface area (Å²) in [7, 11) is 0. The highest BCUT2D eigenvalue weighted by Crippen LogP contribution is 2.37. The van der Waals surface area contributed by atoms with E-state index in [4.69, 9.17) is 16.3 Å². The van der Waals surface area contributed by atoms with Crippen molar-refractivity contribution in [2.24, 2.45) is 5.41 Å². The smallest absolute Gasteiger partial charge is 0.258 e. The van der Waals surface area contributed by atoms with Crippen LogP contribution in [0.2, 0.25) is 5.02 Å². The third-order valence-electron chi connectivity index (χ3n) is 8.44. The van der Waals surface area contributed by atoms with Crippen molar-refractivity contribution in [2.75, 3.05) is 26.2 Å². The lowest BCUT2D eigenvalue weighted by Crippen LogP contribution is -2.47. The normalized spacial score (nSPS) is 19.1. The van der Waals surface area contributed by atoms with E-state index in [1.165, 1.54) is 68.6 Å². The zero-order valence-electron chi connectivity index (χ0n) is 21.8. The van der Waals surface area contributed by atoms with Gasteiger partial charge in [-0.15, -0.1) is 0 Å². The van der Waals surface area contributed by atoms with E-state index < -0.39 is 0 Å². The molecule has 1 aliphatic carbocycles. The first kappa shape index (κ1) is 25.4. The number of piperidine rings is 2. The molecule has 4 heterocycles. The molecular weight excluding hydrogens is 496 g/mol. The zero-order chi connectivity index (χ0) is 26.0.